The molecule has 7 nitrogen and oxygen atoms in total. The van der Waals surface area contributed by atoms with Crippen molar-refractivity contribution < 1.29 is 13.2 Å². The zero-order valence-electron chi connectivity index (χ0n) is 16.1. The highest BCUT2D eigenvalue weighted by Crippen LogP contribution is 2.18. The van der Waals surface area contributed by atoms with Crippen LogP contribution in [-0.4, -0.2) is 66.2 Å². The van der Waals surface area contributed by atoms with Gasteiger partial charge in [0.2, 0.25) is 10.0 Å². The zero-order chi connectivity index (χ0) is 20.4. The fourth-order valence-corrected chi connectivity index (χ4v) is 4.26. The Morgan fingerprint density at radius 2 is 1.69 bits per heavy atom. The summed E-state index contributed by atoms with van der Waals surface area (Å²) >= 11 is 0. The van der Waals surface area contributed by atoms with Gasteiger partial charge in [-0.1, -0.05) is 36.4 Å². The number of sulfonamides is 1. The number of amides is 1. The molecular weight excluding hydrogens is 388 g/mol. The van der Waals surface area contributed by atoms with Crippen molar-refractivity contribution in [3.8, 4) is 0 Å². The molecule has 1 aliphatic heterocycles. The van der Waals surface area contributed by atoms with Crippen LogP contribution in [-0.2, 0) is 10.0 Å². The van der Waals surface area contributed by atoms with Crippen LogP contribution >= 0.6 is 0 Å². The van der Waals surface area contributed by atoms with E-state index < -0.39 is 10.0 Å². The first-order valence-corrected chi connectivity index (χ1v) is 11.2. The van der Waals surface area contributed by atoms with Crippen LogP contribution in [0.3, 0.4) is 0 Å². The van der Waals surface area contributed by atoms with Crippen molar-refractivity contribution in [3.63, 3.8) is 0 Å². The number of benzene rings is 2. The highest BCUT2D eigenvalue weighted by molar-refractivity contribution is 7.88. The average Bonchev–Trinajstić information content (AvgIpc) is 3.15. The van der Waals surface area contributed by atoms with Crippen LogP contribution in [0.2, 0.25) is 0 Å². The van der Waals surface area contributed by atoms with E-state index in [0.717, 1.165) is 22.2 Å². The number of carbonyl (C=O) groups excluding carboxylic acids is 1. The van der Waals surface area contributed by atoms with E-state index in [9.17, 15) is 13.2 Å². The van der Waals surface area contributed by atoms with Crippen LogP contribution < -0.4 is 0 Å². The van der Waals surface area contributed by atoms with Crippen molar-refractivity contribution in [2.24, 2.45) is 0 Å². The lowest BCUT2D eigenvalue weighted by molar-refractivity contribution is 0.0698. The smallest absolute Gasteiger partial charge is 0.253 e. The topological polar surface area (TPSA) is 86.4 Å². The summed E-state index contributed by atoms with van der Waals surface area (Å²) in [4.78, 5) is 14.4. The molecule has 1 fully saturated rings. The first kappa shape index (κ1) is 19.4. The number of carbonyl (C=O) groups is 1. The number of fused-ring (bicyclic) bond motifs is 1. The molecule has 0 bridgehead atoms. The van der Waals surface area contributed by atoms with Gasteiger partial charge in [0.25, 0.3) is 5.91 Å². The highest BCUT2D eigenvalue weighted by Gasteiger charge is 2.26. The first-order chi connectivity index (χ1) is 13.9. The molecule has 0 spiro atoms. The number of hydrogen-bond donors (Lipinski definition) is 1. The van der Waals surface area contributed by atoms with Crippen molar-refractivity contribution in [2.75, 3.05) is 32.4 Å². The van der Waals surface area contributed by atoms with Crippen LogP contribution in [0.1, 0.15) is 21.6 Å². The molecule has 1 amide bonds. The summed E-state index contributed by atoms with van der Waals surface area (Å²) in [5.74, 6) is -0.0769. The second-order valence-electron chi connectivity index (χ2n) is 7.06. The normalized spacial score (nSPS) is 16.0. The van der Waals surface area contributed by atoms with Gasteiger partial charge in [0.1, 0.15) is 0 Å². The third-order valence-electron chi connectivity index (χ3n) is 5.09. The van der Waals surface area contributed by atoms with Crippen LogP contribution in [0.4, 0.5) is 0 Å². The fraction of sp³-hybridized carbons (Fsp3) is 0.238. The second-order valence-corrected chi connectivity index (χ2v) is 9.05. The Morgan fingerprint density at radius 1 is 1.00 bits per heavy atom. The van der Waals surface area contributed by atoms with E-state index in [1.807, 2.05) is 48.6 Å². The van der Waals surface area contributed by atoms with Gasteiger partial charge in [-0.3, -0.25) is 9.89 Å². The number of H-pyrrole nitrogens is 1. The van der Waals surface area contributed by atoms with Crippen LogP contribution in [0, 0.1) is 0 Å². The predicted molar refractivity (Wildman–Crippen MR) is 114 cm³/mol. The number of nitrogens with zero attached hydrogens (tertiary/aromatic N) is 3. The third kappa shape index (κ3) is 4.23. The van der Waals surface area contributed by atoms with Gasteiger partial charge in [-0.25, -0.2) is 8.42 Å². The van der Waals surface area contributed by atoms with Gasteiger partial charge in [0, 0.05) is 37.1 Å². The molecule has 1 aromatic heterocycles. The summed E-state index contributed by atoms with van der Waals surface area (Å²) < 4.78 is 24.6. The quantitative estimate of drug-likeness (QED) is 0.716. The van der Waals surface area contributed by atoms with E-state index in [-0.39, 0.29) is 5.91 Å². The Labute approximate surface area is 169 Å². The Morgan fingerprint density at radius 3 is 2.38 bits per heavy atom. The Kier molecular flexibility index (Phi) is 5.21. The summed E-state index contributed by atoms with van der Waals surface area (Å²) in [5, 5.41) is 8.39. The monoisotopic (exact) mass is 410 g/mol. The van der Waals surface area contributed by atoms with Crippen molar-refractivity contribution in [3.05, 3.63) is 65.4 Å². The summed E-state index contributed by atoms with van der Waals surface area (Å²) in [5.41, 5.74) is 3.42. The number of hydrogen-bond acceptors (Lipinski definition) is 4. The second kappa shape index (κ2) is 7.81. The standard InChI is InChI=1S/C21H22N4O3S/c1-29(27,28)25-14-12-24(13-15-25)21(26)17-9-6-16(7-10-17)8-11-20-18-4-2-3-5-19(18)22-23-20/h2-11H,12-15H2,1H3,(H,22,23)/b11-8+. The molecule has 0 saturated carbocycles. The Hall–Kier alpha value is -2.97. The van der Waals surface area contributed by atoms with Gasteiger partial charge in [-0.2, -0.15) is 9.40 Å². The van der Waals surface area contributed by atoms with Gasteiger partial charge in [-0.15, -0.1) is 0 Å². The summed E-state index contributed by atoms with van der Waals surface area (Å²) in [6.45, 7) is 1.48. The summed E-state index contributed by atoms with van der Waals surface area (Å²) in [6.07, 6.45) is 5.10. The van der Waals surface area contributed by atoms with Crippen molar-refractivity contribution >= 4 is 39.0 Å². The van der Waals surface area contributed by atoms with Gasteiger partial charge < -0.3 is 4.90 Å². The molecule has 0 aliphatic carbocycles. The molecular formula is C21H22N4O3S. The van der Waals surface area contributed by atoms with Crippen molar-refractivity contribution in [2.45, 2.75) is 0 Å². The van der Waals surface area contributed by atoms with E-state index >= 15 is 0 Å². The molecule has 0 unspecified atom stereocenters. The van der Waals surface area contributed by atoms with Crippen LogP contribution in [0.25, 0.3) is 23.1 Å². The Balaban J connectivity index is 1.42. The van der Waals surface area contributed by atoms with Crippen molar-refractivity contribution in [1.29, 1.82) is 0 Å². The minimum atomic E-state index is -3.20. The van der Waals surface area contributed by atoms with Gasteiger partial charge in [-0.05, 0) is 29.8 Å². The fourth-order valence-electron chi connectivity index (χ4n) is 3.43. The minimum absolute atomic E-state index is 0.0769. The maximum Gasteiger partial charge on any atom is 0.253 e. The number of nitrogens with one attached hydrogen (secondary N) is 1. The molecule has 8 heteroatoms. The zero-order valence-corrected chi connectivity index (χ0v) is 16.9. The maximum atomic E-state index is 12.7. The number of aromatic amines is 1. The molecule has 3 aromatic rings. The Bertz CT molecular complexity index is 1160. The summed E-state index contributed by atoms with van der Waals surface area (Å²) in [6, 6.07) is 15.3. The molecule has 29 heavy (non-hydrogen) atoms. The predicted octanol–water partition coefficient (Wildman–Crippen LogP) is 2.45. The van der Waals surface area contributed by atoms with Crippen LogP contribution in [0.15, 0.2) is 48.5 Å². The number of para-hydroxylation sites is 1. The lowest BCUT2D eigenvalue weighted by Gasteiger charge is -2.33. The largest absolute Gasteiger partial charge is 0.336 e. The molecule has 150 valence electrons. The average molecular weight is 410 g/mol. The third-order valence-corrected chi connectivity index (χ3v) is 6.39. The van der Waals surface area contributed by atoms with Crippen molar-refractivity contribution in [1.82, 2.24) is 19.4 Å². The van der Waals surface area contributed by atoms with Crippen LogP contribution in [0.5, 0.6) is 0 Å². The lowest BCUT2D eigenvalue weighted by Crippen LogP contribution is -2.50. The minimum Gasteiger partial charge on any atom is -0.336 e. The number of rotatable bonds is 4. The van der Waals surface area contributed by atoms with Gasteiger partial charge in [0.15, 0.2) is 0 Å². The van der Waals surface area contributed by atoms with E-state index in [0.29, 0.717) is 31.7 Å². The molecule has 2 aromatic carbocycles. The highest BCUT2D eigenvalue weighted by atomic mass is 32.2. The molecule has 0 radical (unpaired) electrons. The lowest BCUT2D eigenvalue weighted by atomic mass is 10.1. The molecule has 2 heterocycles. The number of aromatic nitrogens is 2. The van der Waals surface area contributed by atoms with E-state index in [1.165, 1.54) is 10.6 Å². The molecule has 1 saturated heterocycles. The SMILES string of the molecule is CS(=O)(=O)N1CCN(C(=O)c2ccc(/C=C/c3n[nH]c4ccccc34)cc2)CC1. The van der Waals surface area contributed by atoms with E-state index in [4.69, 9.17) is 0 Å². The van der Waals surface area contributed by atoms with Gasteiger partial charge >= 0.3 is 0 Å². The maximum absolute atomic E-state index is 12.7. The molecule has 0 atom stereocenters. The first-order valence-electron chi connectivity index (χ1n) is 9.37. The van der Waals surface area contributed by atoms with E-state index in [2.05, 4.69) is 10.2 Å². The molecule has 4 rings (SSSR count). The summed E-state index contributed by atoms with van der Waals surface area (Å²) in [7, 11) is -3.20. The molecule has 1 aliphatic rings. The number of piperazine rings is 1. The molecule has 1 N–H and O–H groups in total. The van der Waals surface area contributed by atoms with E-state index in [1.54, 1.807) is 17.0 Å². The van der Waals surface area contributed by atoms with Gasteiger partial charge in [0.05, 0.1) is 17.5 Å².